The van der Waals surface area contributed by atoms with Gasteiger partial charge in [0.15, 0.2) is 11.6 Å². The molecule has 4 aliphatic rings. The zero-order chi connectivity index (χ0) is 24.5. The predicted molar refractivity (Wildman–Crippen MR) is 117 cm³/mol. The number of aromatic hydroxyl groups is 1. The van der Waals surface area contributed by atoms with Gasteiger partial charge in [0.05, 0.1) is 18.9 Å². The minimum Gasteiger partial charge on any atom is -0.507 e. The number of likely N-dealkylation sites (tertiary alicyclic amines) is 1. The lowest BCUT2D eigenvalue weighted by Crippen LogP contribution is -2.42. The third kappa shape index (κ3) is 2.82. The number of carbonyl (C=O) groups is 5. The molecule has 5 rings (SSSR count). The number of carbonyl (C=O) groups excluding carboxylic acids is 5. The van der Waals surface area contributed by atoms with Crippen molar-refractivity contribution in [2.75, 3.05) is 7.11 Å². The van der Waals surface area contributed by atoms with Crippen LogP contribution in [0.1, 0.15) is 31.2 Å². The Morgan fingerprint density at radius 1 is 1.15 bits per heavy atom. The molecular formula is C25H22N2O7. The molecule has 1 heterocycles. The monoisotopic (exact) mass is 462 g/mol. The summed E-state index contributed by atoms with van der Waals surface area (Å²) in [4.78, 5) is 64.6. The molecule has 0 bridgehead atoms. The van der Waals surface area contributed by atoms with Crippen molar-refractivity contribution < 1.29 is 33.8 Å². The molecule has 1 aromatic carbocycles. The number of nitrogens with zero attached hydrogens (tertiary/aromatic N) is 1. The van der Waals surface area contributed by atoms with E-state index in [1.54, 1.807) is 25.1 Å². The normalized spacial score (nSPS) is 28.2. The molecular weight excluding hydrogens is 440 g/mol. The quantitative estimate of drug-likeness (QED) is 0.388. The van der Waals surface area contributed by atoms with E-state index in [2.05, 4.69) is 0 Å². The van der Waals surface area contributed by atoms with Crippen molar-refractivity contribution >= 4 is 29.4 Å². The number of fused-ring (bicyclic) bond motifs is 3. The van der Waals surface area contributed by atoms with Crippen LogP contribution < -0.4 is 10.5 Å². The highest BCUT2D eigenvalue weighted by Gasteiger charge is 2.57. The van der Waals surface area contributed by atoms with Crippen LogP contribution in [0, 0.1) is 17.8 Å². The van der Waals surface area contributed by atoms with E-state index in [1.165, 1.54) is 19.3 Å². The number of urea groups is 1. The fourth-order valence-electron chi connectivity index (χ4n) is 5.91. The number of phenolic OH excluding ortho intramolecular Hbond substituents is 1. The Morgan fingerprint density at radius 3 is 2.56 bits per heavy atom. The van der Waals surface area contributed by atoms with Gasteiger partial charge in [-0.2, -0.15) is 4.90 Å². The molecule has 174 valence electrons. The minimum atomic E-state index is -1.14. The van der Waals surface area contributed by atoms with Crippen molar-refractivity contribution in [1.82, 2.24) is 4.90 Å². The molecule has 34 heavy (non-hydrogen) atoms. The average Bonchev–Trinajstić information content (AvgIpc) is 3.06. The first-order chi connectivity index (χ1) is 16.2. The number of Topliss-reactive ketones (excluding diaryl/α,β-unsaturated/α-hetero) is 1. The van der Waals surface area contributed by atoms with Gasteiger partial charge in [-0.05, 0) is 43.9 Å². The molecule has 9 heteroatoms. The van der Waals surface area contributed by atoms with Crippen LogP contribution in [0.5, 0.6) is 11.5 Å². The second-order valence-corrected chi connectivity index (χ2v) is 8.97. The summed E-state index contributed by atoms with van der Waals surface area (Å²) < 4.78 is 5.49. The number of benzene rings is 1. The Morgan fingerprint density at radius 2 is 1.88 bits per heavy atom. The molecule has 1 aliphatic heterocycles. The predicted octanol–water partition coefficient (Wildman–Crippen LogP) is 1.91. The van der Waals surface area contributed by atoms with Gasteiger partial charge in [0.25, 0.3) is 0 Å². The molecule has 0 aromatic heterocycles. The van der Waals surface area contributed by atoms with Crippen molar-refractivity contribution in [3.63, 3.8) is 0 Å². The van der Waals surface area contributed by atoms with Crippen molar-refractivity contribution in [3.05, 3.63) is 58.2 Å². The number of ketones is 2. The molecule has 1 fully saturated rings. The first-order valence-electron chi connectivity index (χ1n) is 10.9. The van der Waals surface area contributed by atoms with Crippen molar-refractivity contribution in [2.24, 2.45) is 23.5 Å². The maximum absolute atomic E-state index is 13.3. The first-order valence-corrected chi connectivity index (χ1v) is 10.9. The molecule has 1 aromatic rings. The number of phenols is 1. The average molecular weight is 462 g/mol. The van der Waals surface area contributed by atoms with Gasteiger partial charge >= 0.3 is 6.03 Å². The fourth-order valence-corrected chi connectivity index (χ4v) is 5.91. The largest absolute Gasteiger partial charge is 0.507 e. The van der Waals surface area contributed by atoms with E-state index in [4.69, 9.17) is 10.5 Å². The Labute approximate surface area is 194 Å². The molecule has 3 N–H and O–H groups in total. The van der Waals surface area contributed by atoms with E-state index in [0.717, 1.165) is 0 Å². The van der Waals surface area contributed by atoms with Crippen molar-refractivity contribution in [1.29, 1.82) is 0 Å². The van der Waals surface area contributed by atoms with Crippen molar-refractivity contribution in [3.8, 4) is 11.5 Å². The minimum absolute atomic E-state index is 0.0642. The standard InChI is InChI=1S/C25H22N2O7/c1-10-8-16(29)14-9-13-11(6-7-12-18(13)24(32)27(23(12)31)25(26)33)19(20(14)22(10)30)21-15(28)4-3-5-17(21)34-2/h3-6,8,12-13,18-19,28H,7,9H2,1-2H3,(H2,26,33)/t12-,13+,18-,19-/m0/s1. The topological polar surface area (TPSA) is 144 Å². The second kappa shape index (κ2) is 7.51. The molecule has 0 saturated carbocycles. The van der Waals surface area contributed by atoms with E-state index in [-0.39, 0.29) is 46.9 Å². The number of rotatable bonds is 2. The molecule has 0 unspecified atom stereocenters. The number of primary amides is 1. The van der Waals surface area contributed by atoms with Gasteiger partial charge in [0.2, 0.25) is 11.8 Å². The highest BCUT2D eigenvalue weighted by Crippen LogP contribution is 2.57. The number of ether oxygens (including phenoxy) is 1. The van der Waals surface area contributed by atoms with Crippen LogP contribution in [-0.2, 0) is 19.2 Å². The van der Waals surface area contributed by atoms with E-state index in [1.807, 2.05) is 0 Å². The fraction of sp³-hybridized carbons (Fsp3) is 0.320. The van der Waals surface area contributed by atoms with Crippen molar-refractivity contribution in [2.45, 2.75) is 25.7 Å². The number of hydrogen-bond acceptors (Lipinski definition) is 7. The van der Waals surface area contributed by atoms with Gasteiger partial charge in [-0.1, -0.05) is 17.7 Å². The summed E-state index contributed by atoms with van der Waals surface area (Å²) in [5.41, 5.74) is 7.02. The van der Waals surface area contributed by atoms with E-state index < -0.39 is 41.5 Å². The summed E-state index contributed by atoms with van der Waals surface area (Å²) in [5.74, 6) is -5.00. The highest BCUT2D eigenvalue weighted by molar-refractivity contribution is 6.24. The third-order valence-corrected chi connectivity index (χ3v) is 7.34. The van der Waals surface area contributed by atoms with Gasteiger partial charge < -0.3 is 15.6 Å². The Hall–Kier alpha value is -4.01. The van der Waals surface area contributed by atoms with Crippen LogP contribution in [0.25, 0.3) is 0 Å². The van der Waals surface area contributed by atoms with Gasteiger partial charge in [-0.15, -0.1) is 0 Å². The van der Waals surface area contributed by atoms with Crippen LogP contribution in [0.2, 0.25) is 0 Å². The van der Waals surface area contributed by atoms with Gasteiger partial charge in [0, 0.05) is 28.2 Å². The summed E-state index contributed by atoms with van der Waals surface area (Å²) in [6, 6.07) is 3.57. The zero-order valence-electron chi connectivity index (χ0n) is 18.5. The molecule has 4 amide bonds. The number of amides is 4. The number of hydrogen-bond donors (Lipinski definition) is 2. The lowest BCUT2D eigenvalue weighted by atomic mass is 9.59. The Bertz CT molecular complexity index is 1300. The summed E-state index contributed by atoms with van der Waals surface area (Å²) in [7, 11) is 1.43. The maximum atomic E-state index is 13.3. The zero-order valence-corrected chi connectivity index (χ0v) is 18.5. The van der Waals surface area contributed by atoms with E-state index >= 15 is 0 Å². The smallest absolute Gasteiger partial charge is 0.328 e. The SMILES string of the molecule is COc1cccc(O)c1[C@H]1C2=CC[C@@H]3C(=O)N(C(N)=O)C(=O)[C@@H]3[C@@H]2CC2=C1C(=O)C(C)=CC2=O. The van der Waals surface area contributed by atoms with E-state index in [9.17, 15) is 29.1 Å². The van der Waals surface area contributed by atoms with Gasteiger partial charge in [0.1, 0.15) is 11.5 Å². The van der Waals surface area contributed by atoms with Gasteiger partial charge in [-0.3, -0.25) is 19.2 Å². The molecule has 4 atom stereocenters. The number of methoxy groups -OCH3 is 1. The van der Waals surface area contributed by atoms with E-state index in [0.29, 0.717) is 21.8 Å². The third-order valence-electron chi connectivity index (χ3n) is 7.34. The molecule has 1 saturated heterocycles. The lowest BCUT2D eigenvalue weighted by molar-refractivity contribution is -0.136. The summed E-state index contributed by atoms with van der Waals surface area (Å²) in [5, 5.41) is 10.8. The maximum Gasteiger partial charge on any atom is 0.328 e. The van der Waals surface area contributed by atoms with Crippen LogP contribution in [-0.4, -0.2) is 46.5 Å². The van der Waals surface area contributed by atoms with Crippen LogP contribution in [0.15, 0.2) is 52.6 Å². The summed E-state index contributed by atoms with van der Waals surface area (Å²) in [6.07, 6.45) is 3.28. The second-order valence-electron chi connectivity index (χ2n) is 8.97. The first kappa shape index (κ1) is 21.8. The molecule has 9 nitrogen and oxygen atoms in total. The summed E-state index contributed by atoms with van der Waals surface area (Å²) >= 11 is 0. The highest BCUT2D eigenvalue weighted by atomic mass is 16.5. The lowest BCUT2D eigenvalue weighted by Gasteiger charge is -2.42. The molecule has 3 aliphatic carbocycles. The van der Waals surface area contributed by atoms with Gasteiger partial charge in [-0.25, -0.2) is 4.79 Å². The number of allylic oxidation sites excluding steroid dienone is 6. The Balaban J connectivity index is 1.75. The molecule has 0 radical (unpaired) electrons. The number of nitrogens with two attached hydrogens (primary N) is 1. The molecule has 0 spiro atoms. The van der Waals surface area contributed by atoms with Crippen LogP contribution >= 0.6 is 0 Å². The Kier molecular flexibility index (Phi) is 4.82. The van der Waals surface area contributed by atoms with Crippen LogP contribution in [0.4, 0.5) is 4.79 Å². The van der Waals surface area contributed by atoms with Crippen LogP contribution in [0.3, 0.4) is 0 Å². The summed E-state index contributed by atoms with van der Waals surface area (Å²) in [6.45, 7) is 1.56. The number of imide groups is 3.